The van der Waals surface area contributed by atoms with E-state index in [4.69, 9.17) is 11.6 Å². The van der Waals surface area contributed by atoms with E-state index in [0.29, 0.717) is 10.7 Å². The fraction of sp³-hybridized carbons (Fsp3) is 0.0909. The second-order valence-electron chi connectivity index (χ2n) is 6.96. The molecule has 1 heterocycles. The number of nitrogens with zero attached hydrogens (tertiary/aromatic N) is 2. The Hall–Kier alpha value is -3.14. The molecule has 7 nitrogen and oxygen atoms in total. The third kappa shape index (κ3) is 4.40. The van der Waals surface area contributed by atoms with E-state index in [9.17, 15) is 18.0 Å². The molecule has 0 aliphatic rings. The van der Waals surface area contributed by atoms with Crippen molar-refractivity contribution in [2.24, 2.45) is 7.05 Å². The molecule has 0 saturated heterocycles. The maximum atomic E-state index is 13.3. The summed E-state index contributed by atoms with van der Waals surface area (Å²) in [7, 11) is -2.35. The van der Waals surface area contributed by atoms with Gasteiger partial charge in [0.2, 0.25) is 5.91 Å². The van der Waals surface area contributed by atoms with Crippen LogP contribution in [0.25, 0.3) is 10.2 Å². The van der Waals surface area contributed by atoms with E-state index in [1.165, 1.54) is 22.8 Å². The van der Waals surface area contributed by atoms with Crippen molar-refractivity contribution in [3.8, 4) is 0 Å². The van der Waals surface area contributed by atoms with Crippen LogP contribution in [0.3, 0.4) is 0 Å². The molecule has 0 aliphatic carbocycles. The fourth-order valence-electron chi connectivity index (χ4n) is 3.21. The molecule has 4 aromatic rings. The van der Waals surface area contributed by atoms with Gasteiger partial charge >= 0.3 is 4.87 Å². The molecule has 1 N–H and O–H groups in total. The molecule has 4 rings (SSSR count). The van der Waals surface area contributed by atoms with Crippen LogP contribution in [-0.4, -0.2) is 25.4 Å². The molecule has 0 unspecified atom stereocenters. The van der Waals surface area contributed by atoms with Gasteiger partial charge in [-0.2, -0.15) is 0 Å². The highest BCUT2D eigenvalue weighted by atomic mass is 35.5. The van der Waals surface area contributed by atoms with Gasteiger partial charge in [-0.25, -0.2) is 8.42 Å². The smallest absolute Gasteiger partial charge is 0.307 e. The van der Waals surface area contributed by atoms with E-state index in [0.717, 1.165) is 25.9 Å². The number of aromatic nitrogens is 1. The lowest BCUT2D eigenvalue weighted by Gasteiger charge is -2.24. The van der Waals surface area contributed by atoms with Gasteiger partial charge in [0.25, 0.3) is 10.0 Å². The van der Waals surface area contributed by atoms with Crippen molar-refractivity contribution >= 4 is 60.5 Å². The lowest BCUT2D eigenvalue weighted by Crippen LogP contribution is -2.38. The first-order valence-corrected chi connectivity index (χ1v) is 12.1. The van der Waals surface area contributed by atoms with Crippen molar-refractivity contribution in [1.82, 2.24) is 4.57 Å². The topological polar surface area (TPSA) is 88.5 Å². The standard InChI is InChI=1S/C22H18ClN3O4S2/c1-25-19-11-10-16(13-20(19)31-22(25)28)24-21(27)14-26(17-7-5-6-15(23)12-17)32(29,30)18-8-3-2-4-9-18/h2-13H,14H2,1H3,(H,24,27). The summed E-state index contributed by atoms with van der Waals surface area (Å²) in [6, 6.07) is 19.3. The number of thiazole rings is 1. The van der Waals surface area contributed by atoms with Gasteiger partial charge in [0.05, 0.1) is 20.8 Å². The second-order valence-corrected chi connectivity index (χ2v) is 10.3. The van der Waals surface area contributed by atoms with E-state index in [-0.39, 0.29) is 15.5 Å². The van der Waals surface area contributed by atoms with E-state index in [1.54, 1.807) is 61.6 Å². The van der Waals surface area contributed by atoms with Gasteiger partial charge in [-0.15, -0.1) is 0 Å². The van der Waals surface area contributed by atoms with Gasteiger partial charge in [-0.3, -0.25) is 13.9 Å². The number of fused-ring (bicyclic) bond motifs is 1. The van der Waals surface area contributed by atoms with E-state index in [2.05, 4.69) is 5.32 Å². The molecule has 0 spiro atoms. The highest BCUT2D eigenvalue weighted by Crippen LogP contribution is 2.26. The summed E-state index contributed by atoms with van der Waals surface area (Å²) in [5, 5.41) is 3.07. The summed E-state index contributed by atoms with van der Waals surface area (Å²) in [4.78, 5) is 24.7. The summed E-state index contributed by atoms with van der Waals surface area (Å²) in [6.45, 7) is -0.458. The summed E-state index contributed by atoms with van der Waals surface area (Å²) >= 11 is 7.14. The lowest BCUT2D eigenvalue weighted by atomic mass is 10.3. The number of benzene rings is 3. The van der Waals surface area contributed by atoms with Crippen LogP contribution in [0.15, 0.2) is 82.5 Å². The van der Waals surface area contributed by atoms with Gasteiger partial charge in [0, 0.05) is 17.8 Å². The molecule has 0 bridgehead atoms. The van der Waals surface area contributed by atoms with Crippen molar-refractivity contribution in [3.63, 3.8) is 0 Å². The number of hydrogen-bond donors (Lipinski definition) is 1. The van der Waals surface area contributed by atoms with Crippen LogP contribution < -0.4 is 14.5 Å². The minimum atomic E-state index is -4.02. The Kier molecular flexibility index (Phi) is 6.05. The molecule has 0 atom stereocenters. The average molecular weight is 488 g/mol. The largest absolute Gasteiger partial charge is 0.324 e. The van der Waals surface area contributed by atoms with Crippen LogP contribution in [0.2, 0.25) is 5.02 Å². The van der Waals surface area contributed by atoms with Crippen molar-refractivity contribution in [3.05, 3.63) is 87.5 Å². The third-order valence-corrected chi connectivity index (χ3v) is 7.81. The van der Waals surface area contributed by atoms with E-state index >= 15 is 0 Å². The van der Waals surface area contributed by atoms with Crippen LogP contribution in [0.4, 0.5) is 11.4 Å². The lowest BCUT2D eigenvalue weighted by molar-refractivity contribution is -0.114. The molecule has 0 fully saturated rings. The zero-order valence-corrected chi connectivity index (χ0v) is 19.2. The number of hydrogen-bond acceptors (Lipinski definition) is 5. The minimum Gasteiger partial charge on any atom is -0.324 e. The molecular formula is C22H18ClN3O4S2. The van der Waals surface area contributed by atoms with Gasteiger partial charge in [-0.05, 0) is 48.5 Å². The first kappa shape index (κ1) is 22.1. The van der Waals surface area contributed by atoms with Crippen LogP contribution in [0.5, 0.6) is 0 Å². The zero-order valence-electron chi connectivity index (χ0n) is 16.9. The fourth-order valence-corrected chi connectivity index (χ4v) is 5.75. The molecule has 10 heteroatoms. The van der Waals surface area contributed by atoms with Crippen molar-refractivity contribution in [1.29, 1.82) is 0 Å². The normalized spacial score (nSPS) is 11.4. The Morgan fingerprint density at radius 3 is 2.53 bits per heavy atom. The van der Waals surface area contributed by atoms with E-state index in [1.807, 2.05) is 0 Å². The Bertz CT molecular complexity index is 1460. The van der Waals surface area contributed by atoms with E-state index < -0.39 is 22.5 Å². The predicted molar refractivity (Wildman–Crippen MR) is 128 cm³/mol. The quantitative estimate of drug-likeness (QED) is 0.443. The summed E-state index contributed by atoms with van der Waals surface area (Å²) in [6.07, 6.45) is 0. The molecular weight excluding hydrogens is 470 g/mol. The first-order chi connectivity index (χ1) is 15.3. The molecule has 3 aromatic carbocycles. The van der Waals surface area contributed by atoms with Crippen molar-refractivity contribution in [2.75, 3.05) is 16.2 Å². The number of halogens is 1. The Labute approximate surface area is 193 Å². The maximum Gasteiger partial charge on any atom is 0.307 e. The highest BCUT2D eigenvalue weighted by molar-refractivity contribution is 7.92. The van der Waals surface area contributed by atoms with Crippen molar-refractivity contribution in [2.45, 2.75) is 4.90 Å². The highest BCUT2D eigenvalue weighted by Gasteiger charge is 2.27. The molecule has 0 saturated carbocycles. The number of carbonyl (C=O) groups is 1. The van der Waals surface area contributed by atoms with Crippen LogP contribution >= 0.6 is 22.9 Å². The summed E-state index contributed by atoms with van der Waals surface area (Å²) in [5.41, 5.74) is 1.49. The van der Waals surface area contributed by atoms with Crippen LogP contribution in [0, 0.1) is 0 Å². The number of amides is 1. The maximum absolute atomic E-state index is 13.3. The summed E-state index contributed by atoms with van der Waals surface area (Å²) in [5.74, 6) is -0.535. The van der Waals surface area contributed by atoms with Crippen LogP contribution in [-0.2, 0) is 21.9 Å². The Morgan fingerprint density at radius 2 is 1.81 bits per heavy atom. The Balaban J connectivity index is 1.65. The second kappa shape index (κ2) is 8.78. The molecule has 32 heavy (non-hydrogen) atoms. The third-order valence-electron chi connectivity index (χ3n) is 4.79. The SMILES string of the molecule is Cn1c(=O)sc2cc(NC(=O)CN(c3cccc(Cl)c3)S(=O)(=O)c3ccccc3)ccc21. The zero-order chi connectivity index (χ0) is 22.9. The van der Waals surface area contributed by atoms with Crippen molar-refractivity contribution < 1.29 is 13.2 Å². The predicted octanol–water partition coefficient (Wildman–Crippen LogP) is 4.09. The average Bonchev–Trinajstić information content (AvgIpc) is 3.05. The van der Waals surface area contributed by atoms with Gasteiger partial charge in [0.1, 0.15) is 6.54 Å². The number of carbonyl (C=O) groups excluding carboxylic acids is 1. The van der Waals surface area contributed by atoms with Crippen LogP contribution in [0.1, 0.15) is 0 Å². The number of anilines is 2. The molecule has 1 aromatic heterocycles. The Morgan fingerprint density at radius 1 is 1.06 bits per heavy atom. The van der Waals surface area contributed by atoms with Gasteiger partial charge < -0.3 is 9.88 Å². The molecule has 1 amide bonds. The molecule has 0 radical (unpaired) electrons. The molecule has 0 aliphatic heterocycles. The number of nitrogens with one attached hydrogen (secondary N) is 1. The minimum absolute atomic E-state index is 0.0586. The summed E-state index contributed by atoms with van der Waals surface area (Å²) < 4.78 is 29.9. The monoisotopic (exact) mass is 487 g/mol. The first-order valence-electron chi connectivity index (χ1n) is 9.48. The number of sulfonamides is 1. The van der Waals surface area contributed by atoms with Gasteiger partial charge in [0.15, 0.2) is 0 Å². The molecule has 164 valence electrons. The number of aryl methyl sites for hydroxylation is 1. The number of rotatable bonds is 6. The van der Waals surface area contributed by atoms with Gasteiger partial charge in [-0.1, -0.05) is 47.2 Å².